The van der Waals surface area contributed by atoms with Gasteiger partial charge in [-0.3, -0.25) is 14.2 Å². The van der Waals surface area contributed by atoms with Crippen molar-refractivity contribution >= 4 is 39.1 Å². The zero-order valence-corrected chi connectivity index (χ0v) is 18.7. The fraction of sp³-hybridized carbons (Fsp3) is 0.333. The van der Waals surface area contributed by atoms with Gasteiger partial charge in [-0.25, -0.2) is 9.78 Å². The van der Waals surface area contributed by atoms with Gasteiger partial charge in [0.15, 0.2) is 0 Å². The molecule has 176 valence electrons. The summed E-state index contributed by atoms with van der Waals surface area (Å²) in [5, 5.41) is 2.36. The van der Waals surface area contributed by atoms with E-state index in [2.05, 4.69) is 10.3 Å². The quantitative estimate of drug-likeness (QED) is 0.406. The van der Waals surface area contributed by atoms with Crippen LogP contribution >= 0.6 is 11.3 Å². The van der Waals surface area contributed by atoms with E-state index in [-0.39, 0.29) is 28.3 Å². The Kier molecular flexibility index (Phi) is 7.18. The molecule has 1 unspecified atom stereocenters. The molecule has 8 nitrogen and oxygen atoms in total. The lowest BCUT2D eigenvalue weighted by Gasteiger charge is -2.17. The summed E-state index contributed by atoms with van der Waals surface area (Å²) in [6.07, 6.45) is -3.53. The highest BCUT2D eigenvalue weighted by molar-refractivity contribution is 7.20. The minimum absolute atomic E-state index is 0.0390. The summed E-state index contributed by atoms with van der Waals surface area (Å²) in [6, 6.07) is 3.37. The van der Waals surface area contributed by atoms with Gasteiger partial charge in [0.2, 0.25) is 5.91 Å². The van der Waals surface area contributed by atoms with Crippen molar-refractivity contribution in [3.63, 3.8) is 0 Å². The third-order valence-corrected chi connectivity index (χ3v) is 6.05. The molecule has 0 aliphatic carbocycles. The van der Waals surface area contributed by atoms with E-state index in [1.54, 1.807) is 6.92 Å². The van der Waals surface area contributed by atoms with Crippen LogP contribution in [0, 0.1) is 6.92 Å². The second-order valence-electron chi connectivity index (χ2n) is 7.03. The fourth-order valence-electron chi connectivity index (χ4n) is 3.09. The minimum atomic E-state index is -4.66. The summed E-state index contributed by atoms with van der Waals surface area (Å²) in [5.74, 6) is -1.46. The number of amides is 1. The van der Waals surface area contributed by atoms with Crippen LogP contribution in [0.1, 0.15) is 33.8 Å². The van der Waals surface area contributed by atoms with Gasteiger partial charge in [0.1, 0.15) is 22.4 Å². The summed E-state index contributed by atoms with van der Waals surface area (Å²) < 4.78 is 50.6. The van der Waals surface area contributed by atoms with Crippen molar-refractivity contribution in [3.05, 3.63) is 57.0 Å². The average molecular weight is 483 g/mol. The molecule has 0 saturated heterocycles. The molecule has 0 radical (unpaired) electrons. The lowest BCUT2D eigenvalue weighted by atomic mass is 10.1. The van der Waals surface area contributed by atoms with Crippen LogP contribution in [-0.4, -0.2) is 41.8 Å². The number of nitrogens with zero attached hydrogens (tertiary/aromatic N) is 2. The van der Waals surface area contributed by atoms with Gasteiger partial charge >= 0.3 is 12.1 Å². The SMILES string of the molecule is COCCOC(=O)c1sc2ncn(C(C)C(=O)Nc3ccccc3C(F)(F)F)c(=O)c2c1C. The maximum Gasteiger partial charge on any atom is 0.418 e. The first-order chi connectivity index (χ1) is 15.6. The van der Waals surface area contributed by atoms with Crippen LogP contribution in [0.4, 0.5) is 18.9 Å². The zero-order valence-electron chi connectivity index (χ0n) is 17.9. The lowest BCUT2D eigenvalue weighted by molar-refractivity contribution is -0.137. The molecule has 0 aliphatic heterocycles. The maximum atomic E-state index is 13.2. The predicted octanol–water partition coefficient (Wildman–Crippen LogP) is 3.79. The van der Waals surface area contributed by atoms with Crippen molar-refractivity contribution < 1.29 is 32.2 Å². The number of alkyl halides is 3. The van der Waals surface area contributed by atoms with Crippen molar-refractivity contribution in [2.45, 2.75) is 26.1 Å². The van der Waals surface area contributed by atoms with Gasteiger partial charge in [0, 0.05) is 7.11 Å². The molecular formula is C21H20F3N3O5S. The van der Waals surface area contributed by atoms with Crippen LogP contribution in [0.15, 0.2) is 35.4 Å². The Morgan fingerprint density at radius 3 is 2.61 bits per heavy atom. The van der Waals surface area contributed by atoms with Gasteiger partial charge in [-0.1, -0.05) is 12.1 Å². The number of methoxy groups -OCH3 is 1. The predicted molar refractivity (Wildman–Crippen MR) is 116 cm³/mol. The number of fused-ring (bicyclic) bond motifs is 1. The number of carbonyl (C=O) groups excluding carboxylic acids is 2. The molecule has 33 heavy (non-hydrogen) atoms. The largest absolute Gasteiger partial charge is 0.459 e. The Labute approximate surface area is 190 Å². The number of hydrogen-bond donors (Lipinski definition) is 1. The summed E-state index contributed by atoms with van der Waals surface area (Å²) in [7, 11) is 1.46. The van der Waals surface area contributed by atoms with E-state index < -0.39 is 40.9 Å². The molecule has 1 N–H and O–H groups in total. The molecule has 0 spiro atoms. The number of anilines is 1. The van der Waals surface area contributed by atoms with Crippen LogP contribution in [0.3, 0.4) is 0 Å². The lowest BCUT2D eigenvalue weighted by Crippen LogP contribution is -2.32. The van der Waals surface area contributed by atoms with E-state index in [0.29, 0.717) is 5.56 Å². The normalized spacial score (nSPS) is 12.5. The summed E-state index contributed by atoms with van der Waals surface area (Å²) in [6.45, 7) is 3.17. The first kappa shape index (κ1) is 24.4. The number of halogens is 3. The average Bonchev–Trinajstić information content (AvgIpc) is 3.10. The van der Waals surface area contributed by atoms with Gasteiger partial charge in [-0.2, -0.15) is 13.2 Å². The van der Waals surface area contributed by atoms with Crippen molar-refractivity contribution in [1.29, 1.82) is 0 Å². The van der Waals surface area contributed by atoms with E-state index in [9.17, 15) is 27.6 Å². The Morgan fingerprint density at radius 1 is 1.24 bits per heavy atom. The number of esters is 1. The fourth-order valence-corrected chi connectivity index (χ4v) is 4.13. The number of aryl methyl sites for hydroxylation is 1. The van der Waals surface area contributed by atoms with Gasteiger partial charge in [-0.05, 0) is 31.5 Å². The van der Waals surface area contributed by atoms with Crippen molar-refractivity contribution in [3.8, 4) is 0 Å². The Bertz CT molecular complexity index is 1250. The van der Waals surface area contributed by atoms with Crippen molar-refractivity contribution in [2.75, 3.05) is 25.6 Å². The molecule has 1 amide bonds. The van der Waals surface area contributed by atoms with Crippen LogP contribution in [0.2, 0.25) is 0 Å². The highest BCUT2D eigenvalue weighted by atomic mass is 32.1. The number of aromatic nitrogens is 2. The number of ether oxygens (including phenoxy) is 2. The number of benzene rings is 1. The summed E-state index contributed by atoms with van der Waals surface area (Å²) >= 11 is 0.975. The Hall–Kier alpha value is -3.25. The number of carbonyl (C=O) groups is 2. The number of thiophene rings is 1. The number of hydrogen-bond acceptors (Lipinski definition) is 7. The van der Waals surface area contributed by atoms with Gasteiger partial charge in [0.25, 0.3) is 5.56 Å². The molecule has 2 heterocycles. The van der Waals surface area contributed by atoms with E-state index in [4.69, 9.17) is 9.47 Å². The molecule has 1 aromatic carbocycles. The monoisotopic (exact) mass is 483 g/mol. The molecule has 1 atom stereocenters. The molecule has 12 heteroatoms. The minimum Gasteiger partial charge on any atom is -0.459 e. The van der Waals surface area contributed by atoms with E-state index in [0.717, 1.165) is 34.4 Å². The molecule has 2 aromatic heterocycles. The summed E-state index contributed by atoms with van der Waals surface area (Å²) in [5.41, 5.74) is -1.68. The van der Waals surface area contributed by atoms with Gasteiger partial charge in [-0.15, -0.1) is 11.3 Å². The smallest absolute Gasteiger partial charge is 0.418 e. The van der Waals surface area contributed by atoms with E-state index in [1.807, 2.05) is 0 Å². The topological polar surface area (TPSA) is 99.5 Å². The van der Waals surface area contributed by atoms with Gasteiger partial charge in [0.05, 0.1) is 29.6 Å². The van der Waals surface area contributed by atoms with Crippen LogP contribution in [0.5, 0.6) is 0 Å². The maximum absolute atomic E-state index is 13.2. The number of rotatable bonds is 7. The van der Waals surface area contributed by atoms with Crippen LogP contribution < -0.4 is 10.9 Å². The van der Waals surface area contributed by atoms with Crippen LogP contribution in [-0.2, 0) is 20.4 Å². The van der Waals surface area contributed by atoms with Crippen molar-refractivity contribution in [1.82, 2.24) is 9.55 Å². The second-order valence-corrected chi connectivity index (χ2v) is 8.03. The Balaban J connectivity index is 1.91. The number of nitrogens with one attached hydrogen (secondary N) is 1. The molecule has 3 rings (SSSR count). The molecule has 0 bridgehead atoms. The first-order valence-corrected chi connectivity index (χ1v) is 10.5. The number of para-hydroxylation sites is 1. The molecule has 0 aliphatic rings. The van der Waals surface area contributed by atoms with Gasteiger partial charge < -0.3 is 14.8 Å². The molecule has 3 aromatic rings. The van der Waals surface area contributed by atoms with E-state index >= 15 is 0 Å². The molecule has 0 saturated carbocycles. The highest BCUT2D eigenvalue weighted by Gasteiger charge is 2.34. The standard InChI is InChI=1S/C21H20F3N3O5S/c1-11-15-18(33-16(11)20(30)32-9-8-31-3)25-10-27(19(15)29)12(2)17(28)26-14-7-5-4-6-13(14)21(22,23)24/h4-7,10,12H,8-9H2,1-3H3,(H,26,28). The summed E-state index contributed by atoms with van der Waals surface area (Å²) in [4.78, 5) is 42.7. The molecule has 0 fully saturated rings. The van der Waals surface area contributed by atoms with Crippen molar-refractivity contribution in [2.24, 2.45) is 0 Å². The third-order valence-electron chi connectivity index (χ3n) is 4.87. The first-order valence-electron chi connectivity index (χ1n) is 9.69. The third kappa shape index (κ3) is 5.06. The second kappa shape index (κ2) is 9.71. The van der Waals surface area contributed by atoms with Crippen LogP contribution in [0.25, 0.3) is 10.2 Å². The van der Waals surface area contributed by atoms with E-state index in [1.165, 1.54) is 26.2 Å². The Morgan fingerprint density at radius 2 is 1.94 bits per heavy atom. The zero-order chi connectivity index (χ0) is 24.3. The molecular weight excluding hydrogens is 463 g/mol. The highest BCUT2D eigenvalue weighted by Crippen LogP contribution is 2.35.